The van der Waals surface area contributed by atoms with E-state index in [2.05, 4.69) is 19.9 Å². The van der Waals surface area contributed by atoms with Gasteiger partial charge in [-0.3, -0.25) is 0 Å². The molecule has 0 unspecified atom stereocenters. The van der Waals surface area contributed by atoms with E-state index >= 15 is 0 Å². The van der Waals surface area contributed by atoms with E-state index in [1.165, 1.54) is 10.5 Å². The Labute approximate surface area is 88.2 Å². The first kappa shape index (κ1) is 10.8. The monoisotopic (exact) mass is 215 g/mol. The standard InChI is InChI=1S/C10H14ClNS/c1-7(2)8(5-12)3-10-4-9(11)6-13-10/h3-4,6-7H,5,12H2,1-2H3/b8-3-. The molecular weight excluding hydrogens is 202 g/mol. The van der Waals surface area contributed by atoms with Gasteiger partial charge in [-0.15, -0.1) is 11.3 Å². The molecule has 0 saturated heterocycles. The van der Waals surface area contributed by atoms with Crippen LogP contribution >= 0.6 is 22.9 Å². The molecule has 3 heteroatoms. The van der Waals surface area contributed by atoms with Crippen LogP contribution in [-0.2, 0) is 0 Å². The van der Waals surface area contributed by atoms with E-state index in [1.807, 2.05) is 11.4 Å². The van der Waals surface area contributed by atoms with Crippen molar-refractivity contribution in [2.75, 3.05) is 6.54 Å². The Morgan fingerprint density at radius 3 is 2.77 bits per heavy atom. The summed E-state index contributed by atoms with van der Waals surface area (Å²) in [7, 11) is 0. The number of hydrogen-bond acceptors (Lipinski definition) is 2. The smallest absolute Gasteiger partial charge is 0.0519 e. The SMILES string of the molecule is CC(C)/C(=C\c1cc(Cl)cs1)CN. The Morgan fingerprint density at radius 2 is 2.38 bits per heavy atom. The van der Waals surface area contributed by atoms with Crippen LogP contribution in [0.15, 0.2) is 17.0 Å². The highest BCUT2D eigenvalue weighted by molar-refractivity contribution is 7.11. The second-order valence-electron chi connectivity index (χ2n) is 3.25. The highest BCUT2D eigenvalue weighted by atomic mass is 35.5. The van der Waals surface area contributed by atoms with Gasteiger partial charge in [-0.25, -0.2) is 0 Å². The number of rotatable bonds is 3. The molecule has 1 aromatic heterocycles. The third kappa shape index (κ3) is 3.14. The lowest BCUT2D eigenvalue weighted by atomic mass is 10.0. The Kier molecular flexibility index (Phi) is 3.97. The molecule has 0 atom stereocenters. The van der Waals surface area contributed by atoms with Gasteiger partial charge < -0.3 is 5.73 Å². The van der Waals surface area contributed by atoms with Crippen molar-refractivity contribution in [1.29, 1.82) is 0 Å². The molecule has 1 aromatic rings. The zero-order valence-corrected chi connectivity index (χ0v) is 9.45. The largest absolute Gasteiger partial charge is 0.327 e. The first-order valence-corrected chi connectivity index (χ1v) is 5.53. The van der Waals surface area contributed by atoms with Crippen LogP contribution in [0.25, 0.3) is 6.08 Å². The summed E-state index contributed by atoms with van der Waals surface area (Å²) in [5.41, 5.74) is 6.89. The molecular formula is C10H14ClNS. The highest BCUT2D eigenvalue weighted by Crippen LogP contribution is 2.23. The lowest BCUT2D eigenvalue weighted by molar-refractivity contribution is 0.753. The maximum atomic E-state index is 5.82. The summed E-state index contributed by atoms with van der Waals surface area (Å²) in [6, 6.07) is 1.96. The number of nitrogens with two attached hydrogens (primary N) is 1. The molecule has 0 radical (unpaired) electrons. The van der Waals surface area contributed by atoms with Gasteiger partial charge in [0.2, 0.25) is 0 Å². The second kappa shape index (κ2) is 4.80. The zero-order chi connectivity index (χ0) is 9.84. The fourth-order valence-corrected chi connectivity index (χ4v) is 2.09. The normalized spacial score (nSPS) is 12.5. The molecule has 1 nitrogen and oxygen atoms in total. The number of halogens is 1. The number of thiophene rings is 1. The van der Waals surface area contributed by atoms with E-state index in [9.17, 15) is 0 Å². The summed E-state index contributed by atoms with van der Waals surface area (Å²) in [5.74, 6) is 0.505. The Bertz CT molecular complexity index is 302. The summed E-state index contributed by atoms with van der Waals surface area (Å²) in [5, 5.41) is 2.73. The molecule has 72 valence electrons. The van der Waals surface area contributed by atoms with Crippen LogP contribution in [0.1, 0.15) is 18.7 Å². The van der Waals surface area contributed by atoms with Crippen LogP contribution in [0, 0.1) is 5.92 Å². The maximum absolute atomic E-state index is 5.82. The van der Waals surface area contributed by atoms with Crippen molar-refractivity contribution in [2.24, 2.45) is 11.7 Å². The van der Waals surface area contributed by atoms with Crippen LogP contribution in [-0.4, -0.2) is 6.54 Å². The molecule has 0 amide bonds. The van der Waals surface area contributed by atoms with Gasteiger partial charge in [0.05, 0.1) is 5.02 Å². The molecule has 0 aliphatic rings. The molecule has 13 heavy (non-hydrogen) atoms. The predicted octanol–water partition coefficient (Wildman–Crippen LogP) is 3.40. The van der Waals surface area contributed by atoms with Crippen molar-refractivity contribution >= 4 is 29.0 Å². The van der Waals surface area contributed by atoms with Gasteiger partial charge in [-0.1, -0.05) is 31.0 Å². The lowest BCUT2D eigenvalue weighted by Gasteiger charge is -2.07. The van der Waals surface area contributed by atoms with E-state index in [0.717, 1.165) is 5.02 Å². The summed E-state index contributed by atoms with van der Waals surface area (Å²) < 4.78 is 0. The van der Waals surface area contributed by atoms with Crippen molar-refractivity contribution in [3.05, 3.63) is 26.9 Å². The van der Waals surface area contributed by atoms with E-state index in [-0.39, 0.29) is 0 Å². The first-order chi connectivity index (χ1) is 6.13. The van der Waals surface area contributed by atoms with Gasteiger partial charge in [0.1, 0.15) is 0 Å². The maximum Gasteiger partial charge on any atom is 0.0519 e. The third-order valence-electron chi connectivity index (χ3n) is 1.89. The van der Waals surface area contributed by atoms with E-state index < -0.39 is 0 Å². The molecule has 2 N–H and O–H groups in total. The highest BCUT2D eigenvalue weighted by Gasteiger charge is 2.02. The van der Waals surface area contributed by atoms with Crippen molar-refractivity contribution < 1.29 is 0 Å². The van der Waals surface area contributed by atoms with Crippen LogP contribution in [0.3, 0.4) is 0 Å². The molecule has 0 bridgehead atoms. The fraction of sp³-hybridized carbons (Fsp3) is 0.400. The summed E-state index contributed by atoms with van der Waals surface area (Å²) in [6.45, 7) is 4.91. The number of hydrogen-bond donors (Lipinski definition) is 1. The van der Waals surface area contributed by atoms with Gasteiger partial charge in [0, 0.05) is 16.8 Å². The van der Waals surface area contributed by atoms with Crippen LogP contribution in [0.2, 0.25) is 5.02 Å². The molecule has 0 saturated carbocycles. The first-order valence-electron chi connectivity index (χ1n) is 4.28. The molecule has 1 rings (SSSR count). The molecule has 0 aromatic carbocycles. The molecule has 0 aliphatic carbocycles. The minimum atomic E-state index is 0.505. The van der Waals surface area contributed by atoms with Crippen molar-refractivity contribution in [2.45, 2.75) is 13.8 Å². The zero-order valence-electron chi connectivity index (χ0n) is 7.88. The Balaban J connectivity index is 2.84. The topological polar surface area (TPSA) is 26.0 Å². The summed E-state index contributed by atoms with van der Waals surface area (Å²) in [4.78, 5) is 1.18. The summed E-state index contributed by atoms with van der Waals surface area (Å²) in [6.07, 6.45) is 2.13. The third-order valence-corrected chi connectivity index (χ3v) is 3.12. The molecule has 0 fully saturated rings. The Morgan fingerprint density at radius 1 is 1.69 bits per heavy atom. The fourth-order valence-electron chi connectivity index (χ4n) is 1.05. The van der Waals surface area contributed by atoms with E-state index in [1.54, 1.807) is 11.3 Å². The van der Waals surface area contributed by atoms with Crippen molar-refractivity contribution in [3.63, 3.8) is 0 Å². The van der Waals surface area contributed by atoms with Gasteiger partial charge in [0.15, 0.2) is 0 Å². The molecule has 0 spiro atoms. The van der Waals surface area contributed by atoms with Gasteiger partial charge in [-0.05, 0) is 18.1 Å². The van der Waals surface area contributed by atoms with Crippen LogP contribution in [0.5, 0.6) is 0 Å². The van der Waals surface area contributed by atoms with Crippen LogP contribution in [0.4, 0.5) is 0 Å². The van der Waals surface area contributed by atoms with Crippen LogP contribution < -0.4 is 5.73 Å². The predicted molar refractivity (Wildman–Crippen MR) is 61.2 cm³/mol. The van der Waals surface area contributed by atoms with Gasteiger partial charge in [0.25, 0.3) is 0 Å². The van der Waals surface area contributed by atoms with Gasteiger partial charge >= 0.3 is 0 Å². The van der Waals surface area contributed by atoms with E-state index in [0.29, 0.717) is 12.5 Å². The summed E-state index contributed by atoms with van der Waals surface area (Å²) >= 11 is 7.46. The van der Waals surface area contributed by atoms with Crippen molar-refractivity contribution in [1.82, 2.24) is 0 Å². The second-order valence-corrected chi connectivity index (χ2v) is 4.62. The molecule has 1 heterocycles. The van der Waals surface area contributed by atoms with E-state index in [4.69, 9.17) is 17.3 Å². The molecule has 0 aliphatic heterocycles. The lowest BCUT2D eigenvalue weighted by Crippen LogP contribution is -2.07. The minimum absolute atomic E-state index is 0.505. The average Bonchev–Trinajstić information content (AvgIpc) is 2.46. The Hall–Kier alpha value is -0.310. The van der Waals surface area contributed by atoms with Gasteiger partial charge in [-0.2, -0.15) is 0 Å². The average molecular weight is 216 g/mol. The van der Waals surface area contributed by atoms with Crippen molar-refractivity contribution in [3.8, 4) is 0 Å². The minimum Gasteiger partial charge on any atom is -0.327 e. The quantitative estimate of drug-likeness (QED) is 0.822.